The molecule has 0 aliphatic rings. The van der Waals surface area contributed by atoms with Gasteiger partial charge in [-0.3, -0.25) is 0 Å². The molecule has 1 aromatic rings. The van der Waals surface area contributed by atoms with Crippen molar-refractivity contribution in [3.63, 3.8) is 0 Å². The van der Waals surface area contributed by atoms with Crippen LogP contribution in [0.25, 0.3) is 0 Å². The molecular weight excluding hydrogens is 288 g/mol. The summed E-state index contributed by atoms with van der Waals surface area (Å²) in [5, 5.41) is 8.81. The number of hydrogen-bond acceptors (Lipinski definition) is 2. The first kappa shape index (κ1) is 11.5. The average Bonchev–Trinajstić information content (AvgIpc) is 1.97. The number of benzene rings is 1. The van der Waals surface area contributed by atoms with Gasteiger partial charge in [-0.25, -0.2) is 0 Å². The third-order valence-corrected chi connectivity index (χ3v) is 2.15. The lowest BCUT2D eigenvalue weighted by Crippen LogP contribution is -2.17. The minimum absolute atomic E-state index is 0.0308. The zero-order chi connectivity index (χ0) is 10.9. The van der Waals surface area contributed by atoms with Crippen LogP contribution in [-0.4, -0.2) is 11.5 Å². The second-order valence-corrected chi connectivity index (χ2v) is 3.54. The summed E-state index contributed by atoms with van der Waals surface area (Å²) in [7, 11) is 0. The molecule has 0 aliphatic carbocycles. The number of hydrogen-bond donors (Lipinski definition) is 1. The first-order valence-electron chi connectivity index (χ1n) is 3.23. The number of ether oxygens (including phenoxy) is 1. The maximum absolute atomic E-state index is 11.8. The third-order valence-electron chi connectivity index (χ3n) is 1.23. The first-order valence-corrected chi connectivity index (χ1v) is 4.40. The highest BCUT2D eigenvalue weighted by Crippen LogP contribution is 2.37. The first-order chi connectivity index (χ1) is 6.29. The fraction of sp³-hybridized carbons (Fsp3) is 0.143. The second kappa shape index (κ2) is 3.86. The molecule has 1 rings (SSSR count). The van der Waals surface area contributed by atoms with Crippen molar-refractivity contribution in [2.75, 3.05) is 0 Å². The smallest absolute Gasteiger partial charge is 0.506 e. The number of halogens is 5. The van der Waals surface area contributed by atoms with Gasteiger partial charge in [-0.15, -0.1) is 13.2 Å². The molecule has 2 nitrogen and oxygen atoms in total. The van der Waals surface area contributed by atoms with Gasteiger partial charge in [0.05, 0.1) is 9.50 Å². The Hall–Kier alpha value is -0.620. The molecule has 0 radical (unpaired) electrons. The van der Waals surface area contributed by atoms with Crippen molar-refractivity contribution in [1.82, 2.24) is 0 Å². The van der Waals surface area contributed by atoms with E-state index >= 15 is 0 Å². The number of alkyl halides is 3. The summed E-state index contributed by atoms with van der Waals surface area (Å²) in [6.45, 7) is 0. The molecule has 14 heavy (non-hydrogen) atoms. The van der Waals surface area contributed by atoms with Crippen molar-refractivity contribution >= 4 is 27.5 Å². The zero-order valence-corrected chi connectivity index (χ0v) is 8.74. The fourth-order valence-corrected chi connectivity index (χ4v) is 1.29. The molecule has 1 aromatic carbocycles. The summed E-state index contributed by atoms with van der Waals surface area (Å²) in [4.78, 5) is 0. The van der Waals surface area contributed by atoms with Crippen molar-refractivity contribution in [3.05, 3.63) is 21.6 Å². The van der Waals surface area contributed by atoms with Crippen LogP contribution in [0.2, 0.25) is 5.02 Å². The summed E-state index contributed by atoms with van der Waals surface area (Å²) >= 11 is 8.19. The van der Waals surface area contributed by atoms with Gasteiger partial charge in [0.25, 0.3) is 0 Å². The van der Waals surface area contributed by atoms with Crippen molar-refractivity contribution in [2.45, 2.75) is 6.36 Å². The molecule has 0 saturated carbocycles. The molecule has 0 fully saturated rings. The standard InChI is InChI=1S/C7H3BrClF3O2/c8-3-1-5(13)4(9)2-6(3)14-7(10,11)12/h1-2,13H. The van der Waals surface area contributed by atoms with Gasteiger partial charge in [0.1, 0.15) is 11.5 Å². The summed E-state index contributed by atoms with van der Waals surface area (Å²) in [6, 6.07) is 1.89. The highest BCUT2D eigenvalue weighted by molar-refractivity contribution is 9.10. The van der Waals surface area contributed by atoms with Crippen molar-refractivity contribution < 1.29 is 23.0 Å². The second-order valence-electron chi connectivity index (χ2n) is 2.28. The number of rotatable bonds is 1. The molecule has 0 amide bonds. The van der Waals surface area contributed by atoms with Gasteiger partial charge in [0.15, 0.2) is 0 Å². The van der Waals surface area contributed by atoms with E-state index in [1.54, 1.807) is 0 Å². The van der Waals surface area contributed by atoms with Crippen LogP contribution in [0.3, 0.4) is 0 Å². The Labute approximate surface area is 90.4 Å². The Bertz CT molecular complexity index is 354. The number of phenols is 1. The van der Waals surface area contributed by atoms with Gasteiger partial charge in [0, 0.05) is 6.07 Å². The number of aromatic hydroxyl groups is 1. The molecule has 0 bridgehead atoms. The van der Waals surface area contributed by atoms with Gasteiger partial charge in [-0.2, -0.15) is 0 Å². The van der Waals surface area contributed by atoms with Crippen LogP contribution in [0.5, 0.6) is 11.5 Å². The molecule has 1 N–H and O–H groups in total. The summed E-state index contributed by atoms with van der Waals surface area (Å²) in [5.41, 5.74) is 0. The van der Waals surface area contributed by atoms with Crippen molar-refractivity contribution in [3.8, 4) is 11.5 Å². The van der Waals surface area contributed by atoms with Gasteiger partial charge >= 0.3 is 6.36 Å². The summed E-state index contributed by atoms with van der Waals surface area (Å²) < 4.78 is 39.0. The molecule has 0 atom stereocenters. The molecular formula is C7H3BrClF3O2. The van der Waals surface area contributed by atoms with E-state index in [1.165, 1.54) is 0 Å². The van der Waals surface area contributed by atoms with Gasteiger partial charge < -0.3 is 9.84 Å². The van der Waals surface area contributed by atoms with E-state index in [0.717, 1.165) is 12.1 Å². The average molecular weight is 291 g/mol. The van der Waals surface area contributed by atoms with Crippen LogP contribution in [0.1, 0.15) is 0 Å². The summed E-state index contributed by atoms with van der Waals surface area (Å²) in [6.07, 6.45) is -4.79. The van der Waals surface area contributed by atoms with E-state index < -0.39 is 12.1 Å². The van der Waals surface area contributed by atoms with Gasteiger partial charge in [-0.1, -0.05) is 11.6 Å². The lowest BCUT2D eigenvalue weighted by Gasteiger charge is -2.11. The quantitative estimate of drug-likeness (QED) is 0.855. The third kappa shape index (κ3) is 2.95. The van der Waals surface area contributed by atoms with Gasteiger partial charge in [-0.05, 0) is 22.0 Å². The maximum Gasteiger partial charge on any atom is 0.573 e. The lowest BCUT2D eigenvalue weighted by molar-refractivity contribution is -0.274. The molecule has 0 heterocycles. The molecule has 0 saturated heterocycles. The Morgan fingerprint density at radius 1 is 1.36 bits per heavy atom. The van der Waals surface area contributed by atoms with Crippen molar-refractivity contribution in [1.29, 1.82) is 0 Å². The molecule has 0 unspecified atom stereocenters. The molecule has 0 aromatic heterocycles. The highest BCUT2D eigenvalue weighted by atomic mass is 79.9. The Balaban J connectivity index is 3.04. The van der Waals surface area contributed by atoms with Crippen LogP contribution in [-0.2, 0) is 0 Å². The van der Waals surface area contributed by atoms with Crippen LogP contribution < -0.4 is 4.74 Å². The van der Waals surface area contributed by atoms with E-state index in [9.17, 15) is 13.2 Å². The fourth-order valence-electron chi connectivity index (χ4n) is 0.721. The topological polar surface area (TPSA) is 29.5 Å². The Morgan fingerprint density at radius 3 is 2.43 bits per heavy atom. The van der Waals surface area contributed by atoms with E-state index in [1.807, 2.05) is 0 Å². The van der Waals surface area contributed by atoms with E-state index in [0.29, 0.717) is 0 Å². The monoisotopic (exact) mass is 290 g/mol. The maximum atomic E-state index is 11.8. The predicted molar refractivity (Wildman–Crippen MR) is 47.5 cm³/mol. The van der Waals surface area contributed by atoms with E-state index in [-0.39, 0.29) is 15.2 Å². The zero-order valence-electron chi connectivity index (χ0n) is 6.40. The van der Waals surface area contributed by atoms with Crippen LogP contribution in [0, 0.1) is 0 Å². The minimum atomic E-state index is -4.79. The molecule has 7 heteroatoms. The van der Waals surface area contributed by atoms with Crippen molar-refractivity contribution in [2.24, 2.45) is 0 Å². The van der Waals surface area contributed by atoms with E-state index in [2.05, 4.69) is 20.7 Å². The van der Waals surface area contributed by atoms with Gasteiger partial charge in [0.2, 0.25) is 0 Å². The molecule has 78 valence electrons. The largest absolute Gasteiger partial charge is 0.573 e. The van der Waals surface area contributed by atoms with E-state index in [4.69, 9.17) is 16.7 Å². The SMILES string of the molecule is Oc1cc(Br)c(OC(F)(F)F)cc1Cl. The molecule has 0 aliphatic heterocycles. The molecule has 0 spiro atoms. The Morgan fingerprint density at radius 2 is 1.93 bits per heavy atom. The summed E-state index contributed by atoms with van der Waals surface area (Å²) in [5.74, 6) is -0.826. The Kier molecular flexibility index (Phi) is 3.16. The number of phenolic OH excluding ortho intramolecular Hbond substituents is 1. The minimum Gasteiger partial charge on any atom is -0.506 e. The lowest BCUT2D eigenvalue weighted by atomic mass is 10.3. The highest BCUT2D eigenvalue weighted by Gasteiger charge is 2.32. The van der Waals surface area contributed by atoms with Crippen LogP contribution in [0.15, 0.2) is 16.6 Å². The van der Waals surface area contributed by atoms with Crippen LogP contribution in [0.4, 0.5) is 13.2 Å². The van der Waals surface area contributed by atoms with Crippen LogP contribution >= 0.6 is 27.5 Å². The predicted octanol–water partition coefficient (Wildman–Crippen LogP) is 3.71. The normalized spacial score (nSPS) is 11.5.